The predicted octanol–water partition coefficient (Wildman–Crippen LogP) is 3.74. The van der Waals surface area contributed by atoms with Gasteiger partial charge in [-0.3, -0.25) is 4.79 Å². The number of hydrogen-bond acceptors (Lipinski definition) is 2. The van der Waals surface area contributed by atoms with Gasteiger partial charge in [0.2, 0.25) is 0 Å². The van der Waals surface area contributed by atoms with Gasteiger partial charge >= 0.3 is 0 Å². The minimum atomic E-state index is -0.0576. The molecule has 1 aromatic heterocycles. The first kappa shape index (κ1) is 14.1. The molecule has 0 bridgehead atoms. The highest BCUT2D eigenvalue weighted by Crippen LogP contribution is 2.15. The number of nitrogens with one attached hydrogen (secondary N) is 1. The maximum atomic E-state index is 12.1. The zero-order valence-corrected chi connectivity index (χ0v) is 13.4. The molecule has 1 heterocycles. The Morgan fingerprint density at radius 3 is 2.58 bits per heavy atom. The van der Waals surface area contributed by atoms with Gasteiger partial charge in [0.05, 0.1) is 0 Å². The third-order valence-electron chi connectivity index (χ3n) is 3.00. The fourth-order valence-electron chi connectivity index (χ4n) is 1.92. The van der Waals surface area contributed by atoms with Crippen LogP contribution in [-0.2, 0) is 6.54 Å². The molecule has 0 aliphatic heterocycles. The van der Waals surface area contributed by atoms with Crippen LogP contribution in [0.25, 0.3) is 0 Å². The molecule has 0 unspecified atom stereocenters. The molecule has 1 N–H and O–H groups in total. The Morgan fingerprint density at radius 1 is 1.26 bits per heavy atom. The molecular formula is C15H16INO2. The van der Waals surface area contributed by atoms with Gasteiger partial charge in [0.1, 0.15) is 11.5 Å². The minimum absolute atomic E-state index is 0.0576. The van der Waals surface area contributed by atoms with E-state index in [1.54, 1.807) is 0 Å². The van der Waals surface area contributed by atoms with Crippen molar-refractivity contribution in [2.75, 3.05) is 0 Å². The Labute approximate surface area is 126 Å². The number of carbonyl (C=O) groups excluding carboxylic acids is 1. The molecular weight excluding hydrogens is 353 g/mol. The van der Waals surface area contributed by atoms with E-state index in [2.05, 4.69) is 27.9 Å². The van der Waals surface area contributed by atoms with E-state index in [0.29, 0.717) is 12.1 Å². The molecule has 0 fully saturated rings. The first-order valence-electron chi connectivity index (χ1n) is 6.07. The maximum Gasteiger partial charge on any atom is 0.251 e. The Bertz CT molecular complexity index is 617. The lowest BCUT2D eigenvalue weighted by molar-refractivity contribution is 0.0950. The highest BCUT2D eigenvalue weighted by Gasteiger charge is 2.09. The van der Waals surface area contributed by atoms with Gasteiger partial charge in [-0.25, -0.2) is 0 Å². The van der Waals surface area contributed by atoms with Crippen molar-refractivity contribution in [3.8, 4) is 0 Å². The van der Waals surface area contributed by atoms with Crippen molar-refractivity contribution < 1.29 is 9.21 Å². The van der Waals surface area contributed by atoms with Crippen molar-refractivity contribution in [3.63, 3.8) is 0 Å². The number of furan rings is 1. The maximum absolute atomic E-state index is 12.1. The molecule has 0 saturated carbocycles. The number of amides is 1. The summed E-state index contributed by atoms with van der Waals surface area (Å²) in [5, 5.41) is 2.91. The first-order chi connectivity index (χ1) is 8.97. The predicted molar refractivity (Wildman–Crippen MR) is 83.2 cm³/mol. The third-order valence-corrected chi connectivity index (χ3v) is 4.21. The van der Waals surface area contributed by atoms with Crippen molar-refractivity contribution in [3.05, 3.63) is 56.0 Å². The van der Waals surface area contributed by atoms with Gasteiger partial charge in [0.25, 0.3) is 5.91 Å². The fourth-order valence-corrected chi connectivity index (χ4v) is 2.26. The van der Waals surface area contributed by atoms with E-state index in [1.165, 1.54) is 0 Å². The molecule has 1 aromatic carbocycles. The highest BCUT2D eigenvalue weighted by molar-refractivity contribution is 14.1. The smallest absolute Gasteiger partial charge is 0.251 e. The minimum Gasteiger partial charge on any atom is -0.466 e. The Hall–Kier alpha value is -1.30. The Morgan fingerprint density at radius 2 is 2.00 bits per heavy atom. The van der Waals surface area contributed by atoms with Gasteiger partial charge in [-0.1, -0.05) is 0 Å². The van der Waals surface area contributed by atoms with Crippen molar-refractivity contribution in [1.29, 1.82) is 0 Å². The largest absolute Gasteiger partial charge is 0.466 e. The first-order valence-corrected chi connectivity index (χ1v) is 7.15. The van der Waals surface area contributed by atoms with Crippen molar-refractivity contribution in [2.24, 2.45) is 0 Å². The molecule has 0 saturated heterocycles. The molecule has 0 radical (unpaired) electrons. The average molecular weight is 369 g/mol. The summed E-state index contributed by atoms with van der Waals surface area (Å²) < 4.78 is 6.60. The van der Waals surface area contributed by atoms with Crippen molar-refractivity contribution in [2.45, 2.75) is 27.3 Å². The summed E-state index contributed by atoms with van der Waals surface area (Å²) in [7, 11) is 0. The van der Waals surface area contributed by atoms with Crippen LogP contribution in [0, 0.1) is 24.3 Å². The van der Waals surface area contributed by atoms with Crippen LogP contribution in [0.1, 0.15) is 33.0 Å². The van der Waals surface area contributed by atoms with Gasteiger partial charge < -0.3 is 9.73 Å². The monoisotopic (exact) mass is 369 g/mol. The normalized spacial score (nSPS) is 10.5. The summed E-state index contributed by atoms with van der Waals surface area (Å²) in [4.78, 5) is 12.1. The molecule has 0 aliphatic rings. The lowest BCUT2D eigenvalue weighted by Gasteiger charge is -2.06. The molecule has 1 amide bonds. The molecule has 19 heavy (non-hydrogen) atoms. The van der Waals surface area contributed by atoms with E-state index < -0.39 is 0 Å². The second-order valence-electron chi connectivity index (χ2n) is 4.59. The number of carbonyl (C=O) groups is 1. The van der Waals surface area contributed by atoms with E-state index in [1.807, 2.05) is 45.0 Å². The van der Waals surface area contributed by atoms with Crippen LogP contribution in [0.15, 0.2) is 28.7 Å². The van der Waals surface area contributed by atoms with E-state index >= 15 is 0 Å². The zero-order valence-electron chi connectivity index (χ0n) is 11.2. The van der Waals surface area contributed by atoms with Crippen LogP contribution >= 0.6 is 22.6 Å². The van der Waals surface area contributed by atoms with Gasteiger partial charge in [0, 0.05) is 21.2 Å². The highest BCUT2D eigenvalue weighted by atomic mass is 127. The number of hydrogen-bond donors (Lipinski definition) is 1. The summed E-state index contributed by atoms with van der Waals surface area (Å²) in [6, 6.07) is 7.66. The van der Waals surface area contributed by atoms with Gasteiger partial charge in [-0.15, -0.1) is 0 Å². The number of halogens is 1. The molecule has 3 nitrogen and oxygen atoms in total. The molecule has 0 atom stereocenters. The average Bonchev–Trinajstić information content (AvgIpc) is 2.68. The van der Waals surface area contributed by atoms with Gasteiger partial charge in [0.15, 0.2) is 0 Å². The molecule has 2 aromatic rings. The van der Waals surface area contributed by atoms with Gasteiger partial charge in [-0.05, 0) is 73.2 Å². The lowest BCUT2D eigenvalue weighted by Crippen LogP contribution is -2.23. The van der Waals surface area contributed by atoms with Crippen molar-refractivity contribution in [1.82, 2.24) is 5.32 Å². The Kier molecular flexibility index (Phi) is 4.29. The fraction of sp³-hybridized carbons (Fsp3) is 0.267. The standard InChI is InChI=1S/C15H16INO2/c1-9-6-12(4-5-14(9)16)15(18)17-8-13-7-10(2)19-11(13)3/h4-7H,8H2,1-3H3,(H,17,18). The van der Waals surface area contributed by atoms with Crippen LogP contribution < -0.4 is 5.32 Å². The summed E-state index contributed by atoms with van der Waals surface area (Å²) in [5.74, 6) is 1.67. The quantitative estimate of drug-likeness (QED) is 0.838. The third kappa shape index (κ3) is 3.37. The van der Waals surface area contributed by atoms with Crippen LogP contribution in [0.4, 0.5) is 0 Å². The second kappa shape index (κ2) is 5.77. The molecule has 100 valence electrons. The van der Waals surface area contributed by atoms with E-state index in [4.69, 9.17) is 4.42 Å². The molecule has 0 aliphatic carbocycles. The SMILES string of the molecule is Cc1cc(CNC(=O)c2ccc(I)c(C)c2)c(C)o1. The van der Waals surface area contributed by atoms with Crippen LogP contribution in [0.5, 0.6) is 0 Å². The topological polar surface area (TPSA) is 42.2 Å². The summed E-state index contributed by atoms with van der Waals surface area (Å²) >= 11 is 2.26. The van der Waals surface area contributed by atoms with Crippen LogP contribution in [0.3, 0.4) is 0 Å². The summed E-state index contributed by atoms with van der Waals surface area (Å²) in [6.07, 6.45) is 0. The second-order valence-corrected chi connectivity index (χ2v) is 5.75. The van der Waals surface area contributed by atoms with Crippen LogP contribution in [0.2, 0.25) is 0 Å². The summed E-state index contributed by atoms with van der Waals surface area (Å²) in [5.41, 5.74) is 2.83. The van der Waals surface area contributed by atoms with E-state index in [-0.39, 0.29) is 5.91 Å². The lowest BCUT2D eigenvalue weighted by atomic mass is 10.1. The Balaban J connectivity index is 2.05. The summed E-state index contributed by atoms with van der Waals surface area (Å²) in [6.45, 7) is 6.31. The zero-order chi connectivity index (χ0) is 14.0. The molecule has 4 heteroatoms. The van der Waals surface area contributed by atoms with E-state index in [9.17, 15) is 4.79 Å². The number of rotatable bonds is 3. The molecule has 2 rings (SSSR count). The number of aryl methyl sites for hydroxylation is 3. The van der Waals surface area contributed by atoms with Crippen molar-refractivity contribution >= 4 is 28.5 Å². The van der Waals surface area contributed by atoms with Crippen LogP contribution in [-0.4, -0.2) is 5.91 Å². The number of benzene rings is 1. The van der Waals surface area contributed by atoms with Gasteiger partial charge in [-0.2, -0.15) is 0 Å². The van der Waals surface area contributed by atoms with E-state index in [0.717, 1.165) is 26.2 Å². The molecule has 0 spiro atoms.